The highest BCUT2D eigenvalue weighted by atomic mass is 16.4. The fourth-order valence-electron chi connectivity index (χ4n) is 2.44. The molecule has 0 heterocycles. The van der Waals surface area contributed by atoms with Crippen molar-refractivity contribution in [3.8, 4) is 0 Å². The van der Waals surface area contributed by atoms with Crippen LogP contribution in [0.4, 0.5) is 0 Å². The standard InChI is InChI=1S/C20H23NO3/c1-13(2)15-4-8-17(9-5-15)19(22)21-12-14(3)16-6-10-18(11-7-16)20(23)24/h4-11,13-14H,12H2,1-3H3,(H,21,22)(H,23,24). The average molecular weight is 325 g/mol. The van der Waals surface area contributed by atoms with Gasteiger partial charge in [0, 0.05) is 12.1 Å². The van der Waals surface area contributed by atoms with Crippen molar-refractivity contribution in [2.24, 2.45) is 0 Å². The van der Waals surface area contributed by atoms with E-state index in [0.717, 1.165) is 5.56 Å². The minimum Gasteiger partial charge on any atom is -0.478 e. The Kier molecular flexibility index (Phi) is 5.74. The summed E-state index contributed by atoms with van der Waals surface area (Å²) >= 11 is 0. The lowest BCUT2D eigenvalue weighted by Gasteiger charge is -2.14. The third-order valence-electron chi connectivity index (χ3n) is 4.14. The Morgan fingerprint density at radius 3 is 1.88 bits per heavy atom. The van der Waals surface area contributed by atoms with Crippen molar-refractivity contribution in [3.63, 3.8) is 0 Å². The molecule has 0 saturated heterocycles. The Morgan fingerprint density at radius 1 is 0.875 bits per heavy atom. The number of rotatable bonds is 6. The number of carboxylic acid groups (broad SMARTS) is 1. The van der Waals surface area contributed by atoms with Crippen LogP contribution in [-0.2, 0) is 0 Å². The van der Waals surface area contributed by atoms with Crippen LogP contribution in [0.3, 0.4) is 0 Å². The molecule has 1 unspecified atom stereocenters. The minimum atomic E-state index is -0.938. The molecule has 0 aliphatic heterocycles. The van der Waals surface area contributed by atoms with Gasteiger partial charge in [0.1, 0.15) is 0 Å². The second kappa shape index (κ2) is 7.77. The summed E-state index contributed by atoms with van der Waals surface area (Å²) in [5, 5.41) is 11.8. The summed E-state index contributed by atoms with van der Waals surface area (Å²) in [5.74, 6) is -0.491. The van der Waals surface area contributed by atoms with Crippen molar-refractivity contribution in [1.29, 1.82) is 0 Å². The molecule has 1 amide bonds. The molecule has 2 aromatic rings. The SMILES string of the molecule is CC(C)c1ccc(C(=O)NCC(C)c2ccc(C(=O)O)cc2)cc1. The van der Waals surface area contributed by atoms with Crippen molar-refractivity contribution >= 4 is 11.9 Å². The first-order valence-electron chi connectivity index (χ1n) is 8.10. The Balaban J connectivity index is 1.94. The van der Waals surface area contributed by atoms with Gasteiger partial charge in [0.2, 0.25) is 0 Å². The number of benzene rings is 2. The summed E-state index contributed by atoms with van der Waals surface area (Å²) in [7, 11) is 0. The lowest BCUT2D eigenvalue weighted by Crippen LogP contribution is -2.27. The van der Waals surface area contributed by atoms with Gasteiger partial charge in [-0.25, -0.2) is 4.79 Å². The summed E-state index contributed by atoms with van der Waals surface area (Å²) in [4.78, 5) is 23.1. The van der Waals surface area contributed by atoms with Crippen LogP contribution in [0.15, 0.2) is 48.5 Å². The zero-order valence-corrected chi connectivity index (χ0v) is 14.2. The van der Waals surface area contributed by atoms with Gasteiger partial charge in [0.05, 0.1) is 5.56 Å². The van der Waals surface area contributed by atoms with Crippen molar-refractivity contribution in [3.05, 3.63) is 70.8 Å². The molecular weight excluding hydrogens is 302 g/mol. The van der Waals surface area contributed by atoms with E-state index in [2.05, 4.69) is 19.2 Å². The first kappa shape index (κ1) is 17.7. The van der Waals surface area contributed by atoms with Crippen LogP contribution in [0.25, 0.3) is 0 Å². The Labute approximate surface area is 142 Å². The van der Waals surface area contributed by atoms with E-state index in [9.17, 15) is 9.59 Å². The number of carbonyl (C=O) groups is 2. The second-order valence-electron chi connectivity index (χ2n) is 6.31. The maximum Gasteiger partial charge on any atom is 0.335 e. The van der Waals surface area contributed by atoms with Gasteiger partial charge < -0.3 is 10.4 Å². The van der Waals surface area contributed by atoms with E-state index in [0.29, 0.717) is 18.0 Å². The molecule has 0 aliphatic carbocycles. The topological polar surface area (TPSA) is 66.4 Å². The molecule has 0 saturated carbocycles. The van der Waals surface area contributed by atoms with Crippen LogP contribution in [0.5, 0.6) is 0 Å². The fourth-order valence-corrected chi connectivity index (χ4v) is 2.44. The lowest BCUT2D eigenvalue weighted by atomic mass is 9.99. The molecule has 4 nitrogen and oxygen atoms in total. The maximum atomic E-state index is 12.2. The van der Waals surface area contributed by atoms with Crippen LogP contribution in [0, 0.1) is 0 Å². The van der Waals surface area contributed by atoms with Crippen LogP contribution < -0.4 is 5.32 Å². The smallest absolute Gasteiger partial charge is 0.335 e. The predicted octanol–water partition coefficient (Wildman–Crippen LogP) is 4.04. The average Bonchev–Trinajstić information content (AvgIpc) is 2.59. The predicted molar refractivity (Wildman–Crippen MR) is 94.7 cm³/mol. The van der Waals surface area contributed by atoms with Crippen molar-refractivity contribution < 1.29 is 14.7 Å². The number of nitrogens with one attached hydrogen (secondary N) is 1. The quantitative estimate of drug-likeness (QED) is 0.842. The van der Waals surface area contributed by atoms with Crippen LogP contribution in [-0.4, -0.2) is 23.5 Å². The highest BCUT2D eigenvalue weighted by molar-refractivity contribution is 5.94. The van der Waals surface area contributed by atoms with E-state index in [-0.39, 0.29) is 17.4 Å². The lowest BCUT2D eigenvalue weighted by molar-refractivity contribution is 0.0696. The summed E-state index contributed by atoms with van der Waals surface area (Å²) in [5.41, 5.74) is 3.11. The molecule has 0 fully saturated rings. The molecule has 0 spiro atoms. The molecule has 0 bridgehead atoms. The van der Waals surface area contributed by atoms with Gasteiger partial charge in [-0.3, -0.25) is 4.79 Å². The molecule has 0 aliphatic rings. The molecule has 0 radical (unpaired) electrons. The largest absolute Gasteiger partial charge is 0.478 e. The van der Waals surface area contributed by atoms with E-state index in [4.69, 9.17) is 5.11 Å². The van der Waals surface area contributed by atoms with Gasteiger partial charge in [-0.05, 0) is 47.2 Å². The third-order valence-corrected chi connectivity index (χ3v) is 4.14. The summed E-state index contributed by atoms with van der Waals surface area (Å²) in [6.07, 6.45) is 0. The molecular formula is C20H23NO3. The van der Waals surface area contributed by atoms with Crippen molar-refractivity contribution in [2.45, 2.75) is 32.6 Å². The summed E-state index contributed by atoms with van der Waals surface area (Å²) in [6, 6.07) is 14.4. The van der Waals surface area contributed by atoms with E-state index in [1.54, 1.807) is 24.3 Å². The highest BCUT2D eigenvalue weighted by Crippen LogP contribution is 2.17. The normalized spacial score (nSPS) is 12.0. The van der Waals surface area contributed by atoms with Gasteiger partial charge in [-0.2, -0.15) is 0 Å². The molecule has 0 aromatic heterocycles. The first-order valence-corrected chi connectivity index (χ1v) is 8.10. The van der Waals surface area contributed by atoms with Gasteiger partial charge in [-0.15, -0.1) is 0 Å². The number of hydrogen-bond acceptors (Lipinski definition) is 2. The number of amides is 1. The summed E-state index contributed by atoms with van der Waals surface area (Å²) < 4.78 is 0. The molecule has 126 valence electrons. The van der Waals surface area contributed by atoms with Gasteiger partial charge in [0.15, 0.2) is 0 Å². The molecule has 24 heavy (non-hydrogen) atoms. The van der Waals surface area contributed by atoms with Crippen molar-refractivity contribution in [2.75, 3.05) is 6.54 Å². The number of carbonyl (C=O) groups excluding carboxylic acids is 1. The molecule has 1 atom stereocenters. The van der Waals surface area contributed by atoms with Gasteiger partial charge in [-0.1, -0.05) is 45.0 Å². The van der Waals surface area contributed by atoms with Gasteiger partial charge >= 0.3 is 5.97 Å². The number of carboxylic acids is 1. The van der Waals surface area contributed by atoms with E-state index < -0.39 is 5.97 Å². The van der Waals surface area contributed by atoms with E-state index in [1.165, 1.54) is 5.56 Å². The third kappa shape index (κ3) is 4.44. The zero-order valence-electron chi connectivity index (χ0n) is 14.2. The molecule has 2 rings (SSSR count). The van der Waals surface area contributed by atoms with Crippen LogP contribution >= 0.6 is 0 Å². The van der Waals surface area contributed by atoms with E-state index >= 15 is 0 Å². The fraction of sp³-hybridized carbons (Fsp3) is 0.300. The minimum absolute atomic E-state index is 0.0979. The Hall–Kier alpha value is -2.62. The molecule has 2 aromatic carbocycles. The number of aromatic carboxylic acids is 1. The van der Waals surface area contributed by atoms with E-state index in [1.807, 2.05) is 31.2 Å². The highest BCUT2D eigenvalue weighted by Gasteiger charge is 2.11. The van der Waals surface area contributed by atoms with Crippen LogP contribution in [0.2, 0.25) is 0 Å². The number of hydrogen-bond donors (Lipinski definition) is 2. The maximum absolute atomic E-state index is 12.2. The monoisotopic (exact) mass is 325 g/mol. The Morgan fingerprint density at radius 2 is 1.38 bits per heavy atom. The Bertz CT molecular complexity index is 703. The first-order chi connectivity index (χ1) is 11.4. The molecule has 2 N–H and O–H groups in total. The zero-order chi connectivity index (χ0) is 17.7. The summed E-state index contributed by atoms with van der Waals surface area (Å²) in [6.45, 7) is 6.73. The van der Waals surface area contributed by atoms with Gasteiger partial charge in [0.25, 0.3) is 5.91 Å². The van der Waals surface area contributed by atoms with Crippen molar-refractivity contribution in [1.82, 2.24) is 5.32 Å². The van der Waals surface area contributed by atoms with Crippen LogP contribution in [0.1, 0.15) is 64.4 Å². The second-order valence-corrected chi connectivity index (χ2v) is 6.31. The molecule has 4 heteroatoms.